The first kappa shape index (κ1) is 15.2. The molecule has 0 unspecified atom stereocenters. The molecule has 112 valence electrons. The normalized spacial score (nSPS) is 20.8. The van der Waals surface area contributed by atoms with Crippen molar-refractivity contribution in [3.8, 4) is 0 Å². The van der Waals surface area contributed by atoms with E-state index in [-0.39, 0.29) is 30.1 Å². The summed E-state index contributed by atoms with van der Waals surface area (Å²) in [5.41, 5.74) is 4.26. The van der Waals surface area contributed by atoms with Crippen LogP contribution in [-0.4, -0.2) is 24.2 Å². The number of hydrogen-bond acceptors (Lipinski definition) is 4. The van der Waals surface area contributed by atoms with Crippen LogP contribution >= 0.6 is 0 Å². The van der Waals surface area contributed by atoms with Crippen molar-refractivity contribution in [1.29, 1.82) is 0 Å². The maximum atomic E-state index is 12.0. The van der Waals surface area contributed by atoms with Gasteiger partial charge >= 0.3 is 5.97 Å². The van der Waals surface area contributed by atoms with Crippen LogP contribution in [0, 0.1) is 5.92 Å². The Morgan fingerprint density at radius 2 is 2.05 bits per heavy atom. The van der Waals surface area contributed by atoms with E-state index in [0.717, 1.165) is 6.42 Å². The maximum Gasteiger partial charge on any atom is 0.311 e. The number of carbonyl (C=O) groups is 2. The topological polar surface area (TPSA) is 67.8 Å². The van der Waals surface area contributed by atoms with Crippen molar-refractivity contribution in [2.75, 3.05) is 6.61 Å². The summed E-state index contributed by atoms with van der Waals surface area (Å²) in [4.78, 5) is 23.2. The third kappa shape index (κ3) is 4.41. The van der Waals surface area contributed by atoms with Crippen molar-refractivity contribution < 1.29 is 14.3 Å². The summed E-state index contributed by atoms with van der Waals surface area (Å²) in [6.07, 6.45) is 0.948. The molecule has 0 bridgehead atoms. The minimum atomic E-state index is -0.332. The van der Waals surface area contributed by atoms with Gasteiger partial charge in [0.25, 0.3) is 0 Å². The van der Waals surface area contributed by atoms with E-state index in [1.807, 2.05) is 30.3 Å². The van der Waals surface area contributed by atoms with Crippen molar-refractivity contribution in [1.82, 2.24) is 5.43 Å². The van der Waals surface area contributed by atoms with Crippen molar-refractivity contribution in [2.24, 2.45) is 11.0 Å². The number of esters is 1. The number of rotatable bonds is 6. The number of ether oxygens (including phenoxy) is 1. The van der Waals surface area contributed by atoms with Crippen molar-refractivity contribution in [2.45, 2.75) is 32.6 Å². The molecule has 1 fully saturated rings. The van der Waals surface area contributed by atoms with Gasteiger partial charge in [0.15, 0.2) is 0 Å². The van der Waals surface area contributed by atoms with Crippen LogP contribution in [0.3, 0.4) is 0 Å². The van der Waals surface area contributed by atoms with Gasteiger partial charge in [-0.05, 0) is 31.7 Å². The van der Waals surface area contributed by atoms with E-state index < -0.39 is 0 Å². The summed E-state index contributed by atoms with van der Waals surface area (Å²) in [5, 5.41) is 3.95. The zero-order chi connectivity index (χ0) is 15.2. The van der Waals surface area contributed by atoms with E-state index in [1.165, 1.54) is 5.56 Å². The van der Waals surface area contributed by atoms with Crippen molar-refractivity contribution in [3.05, 3.63) is 35.9 Å². The molecule has 1 aliphatic rings. The number of carbonyl (C=O) groups excluding carboxylic acids is 2. The molecule has 0 spiro atoms. The fraction of sp³-hybridized carbons (Fsp3) is 0.438. The highest BCUT2D eigenvalue weighted by atomic mass is 16.5. The predicted octanol–water partition coefficient (Wildman–Crippen LogP) is 2.24. The highest BCUT2D eigenvalue weighted by Crippen LogP contribution is 2.47. The van der Waals surface area contributed by atoms with Crippen molar-refractivity contribution >= 4 is 17.6 Å². The van der Waals surface area contributed by atoms with Crippen LogP contribution in [0.4, 0.5) is 0 Å². The van der Waals surface area contributed by atoms with E-state index in [2.05, 4.69) is 10.5 Å². The average Bonchev–Trinajstić information content (AvgIpc) is 3.26. The lowest BCUT2D eigenvalue weighted by molar-refractivity contribution is -0.141. The highest BCUT2D eigenvalue weighted by Gasteiger charge is 2.43. The summed E-state index contributed by atoms with van der Waals surface area (Å²) in [6.45, 7) is 3.79. The molecule has 1 aromatic carbocycles. The molecule has 0 aliphatic heterocycles. The molecule has 1 aliphatic carbocycles. The summed E-state index contributed by atoms with van der Waals surface area (Å²) in [7, 11) is 0. The average molecular weight is 288 g/mol. The zero-order valence-electron chi connectivity index (χ0n) is 12.3. The molecule has 21 heavy (non-hydrogen) atoms. The Hall–Kier alpha value is -2.17. The first-order valence-electron chi connectivity index (χ1n) is 7.15. The Labute approximate surface area is 124 Å². The van der Waals surface area contributed by atoms with Gasteiger partial charge < -0.3 is 4.74 Å². The fourth-order valence-electron chi connectivity index (χ4n) is 2.25. The van der Waals surface area contributed by atoms with Gasteiger partial charge in [0.05, 0.1) is 13.0 Å². The summed E-state index contributed by atoms with van der Waals surface area (Å²) < 4.78 is 4.82. The smallest absolute Gasteiger partial charge is 0.311 e. The van der Waals surface area contributed by atoms with E-state index >= 15 is 0 Å². The second-order valence-electron chi connectivity index (χ2n) is 5.16. The molecule has 1 aromatic rings. The van der Waals surface area contributed by atoms with Crippen LogP contribution in [0.1, 0.15) is 38.2 Å². The molecule has 1 saturated carbocycles. The molecule has 0 aromatic heterocycles. The van der Waals surface area contributed by atoms with Gasteiger partial charge in [-0.25, -0.2) is 5.43 Å². The quantitative estimate of drug-likeness (QED) is 0.496. The predicted molar refractivity (Wildman–Crippen MR) is 79.8 cm³/mol. The lowest BCUT2D eigenvalue weighted by atomic mass is 10.1. The lowest BCUT2D eigenvalue weighted by Gasteiger charge is -2.03. The molecule has 0 heterocycles. The molecule has 5 nitrogen and oxygen atoms in total. The van der Waals surface area contributed by atoms with Gasteiger partial charge in [-0.3, -0.25) is 9.59 Å². The summed E-state index contributed by atoms with van der Waals surface area (Å²) >= 11 is 0. The van der Waals surface area contributed by atoms with E-state index in [0.29, 0.717) is 12.3 Å². The molecule has 1 amide bonds. The second kappa shape index (κ2) is 7.02. The number of amides is 1. The van der Waals surface area contributed by atoms with Gasteiger partial charge in [-0.1, -0.05) is 30.3 Å². The Balaban J connectivity index is 1.80. The number of hydrazone groups is 1. The maximum absolute atomic E-state index is 12.0. The molecule has 5 heteroatoms. The van der Waals surface area contributed by atoms with E-state index in [4.69, 9.17) is 4.74 Å². The van der Waals surface area contributed by atoms with Crippen LogP contribution in [0.15, 0.2) is 35.4 Å². The van der Waals surface area contributed by atoms with Crippen LogP contribution < -0.4 is 5.43 Å². The standard InChI is InChI=1S/C16H20N2O3/c1-3-21-15(19)9-11(2)17-18-16(20)14-10-13(14)12-7-5-4-6-8-12/h4-8,13-14H,3,9-10H2,1-2H3,(H,18,20)/b17-11-/t13-,14+/m0/s1. The molecular weight excluding hydrogens is 268 g/mol. The Morgan fingerprint density at radius 1 is 1.33 bits per heavy atom. The summed E-state index contributed by atoms with van der Waals surface area (Å²) in [5.74, 6) is -0.160. The van der Waals surface area contributed by atoms with E-state index in [1.54, 1.807) is 13.8 Å². The van der Waals surface area contributed by atoms with Gasteiger partial charge in [0.2, 0.25) is 5.91 Å². The Bertz CT molecular complexity index is 540. The third-order valence-corrected chi connectivity index (χ3v) is 3.42. The molecule has 2 atom stereocenters. The van der Waals surface area contributed by atoms with Crippen molar-refractivity contribution in [3.63, 3.8) is 0 Å². The first-order chi connectivity index (χ1) is 10.1. The third-order valence-electron chi connectivity index (χ3n) is 3.42. The SMILES string of the molecule is CCOC(=O)C/C(C)=N\NC(=O)[C@@H]1C[C@H]1c1ccccc1. The van der Waals surface area contributed by atoms with Gasteiger partial charge in [0.1, 0.15) is 0 Å². The number of benzene rings is 1. The molecule has 0 radical (unpaired) electrons. The van der Waals surface area contributed by atoms with Gasteiger partial charge in [-0.15, -0.1) is 0 Å². The lowest BCUT2D eigenvalue weighted by Crippen LogP contribution is -2.22. The van der Waals surface area contributed by atoms with Crippen LogP contribution in [-0.2, 0) is 14.3 Å². The number of nitrogens with one attached hydrogen (secondary N) is 1. The minimum absolute atomic E-state index is 0.0217. The molecule has 0 saturated heterocycles. The van der Waals surface area contributed by atoms with Crippen LogP contribution in [0.5, 0.6) is 0 Å². The highest BCUT2D eigenvalue weighted by molar-refractivity contribution is 5.98. The number of nitrogens with zero attached hydrogens (tertiary/aromatic N) is 1. The van der Waals surface area contributed by atoms with E-state index in [9.17, 15) is 9.59 Å². The monoisotopic (exact) mass is 288 g/mol. The number of hydrogen-bond donors (Lipinski definition) is 1. The fourth-order valence-corrected chi connectivity index (χ4v) is 2.25. The van der Waals surface area contributed by atoms with Gasteiger partial charge in [0, 0.05) is 11.6 Å². The summed E-state index contributed by atoms with van der Waals surface area (Å²) in [6, 6.07) is 9.99. The second-order valence-corrected chi connectivity index (χ2v) is 5.16. The molecular formula is C16H20N2O3. The Morgan fingerprint density at radius 3 is 2.71 bits per heavy atom. The molecule has 2 rings (SSSR count). The largest absolute Gasteiger partial charge is 0.466 e. The Kier molecular flexibility index (Phi) is 5.09. The zero-order valence-corrected chi connectivity index (χ0v) is 12.3. The first-order valence-corrected chi connectivity index (χ1v) is 7.15. The van der Waals surface area contributed by atoms with Gasteiger partial charge in [-0.2, -0.15) is 5.10 Å². The minimum Gasteiger partial charge on any atom is -0.466 e. The molecule has 1 N–H and O–H groups in total. The van der Waals surface area contributed by atoms with Crippen LogP contribution in [0.25, 0.3) is 0 Å². The van der Waals surface area contributed by atoms with Crippen LogP contribution in [0.2, 0.25) is 0 Å².